The molecule has 0 saturated carbocycles. The van der Waals surface area contributed by atoms with Crippen molar-refractivity contribution in [2.75, 3.05) is 23.7 Å². The second kappa shape index (κ2) is 14.9. The third-order valence-corrected chi connectivity index (χ3v) is 8.46. The van der Waals surface area contributed by atoms with Crippen LogP contribution < -0.4 is 9.62 Å². The molecule has 1 atom stereocenters. The number of rotatable bonds is 13. The summed E-state index contributed by atoms with van der Waals surface area (Å²) in [5.41, 5.74) is -0.425. The zero-order valence-corrected chi connectivity index (χ0v) is 25.9. The van der Waals surface area contributed by atoms with Crippen molar-refractivity contribution in [2.24, 2.45) is 0 Å². The van der Waals surface area contributed by atoms with Crippen LogP contribution in [0.2, 0.25) is 10.0 Å². The molecule has 0 fully saturated rings. The predicted octanol–water partition coefficient (Wildman–Crippen LogP) is 6.33. The molecule has 0 aliphatic rings. The number of carbonyl (C=O) groups is 2. The van der Waals surface area contributed by atoms with Crippen LogP contribution in [-0.2, 0) is 38.8 Å². The average Bonchev–Trinajstić information content (AvgIpc) is 2.94. The molecule has 2 amide bonds. The number of alkyl halides is 3. The monoisotopic (exact) mass is 657 g/mol. The highest BCUT2D eigenvalue weighted by Crippen LogP contribution is 2.37. The van der Waals surface area contributed by atoms with Gasteiger partial charge in [0.2, 0.25) is 21.8 Å². The van der Waals surface area contributed by atoms with Gasteiger partial charge in [-0.3, -0.25) is 13.9 Å². The fourth-order valence-electron chi connectivity index (χ4n) is 4.37. The molecule has 0 aliphatic heterocycles. The van der Waals surface area contributed by atoms with Crippen molar-refractivity contribution in [3.63, 3.8) is 0 Å². The fraction of sp³-hybridized carbons (Fsp3) is 0.333. The van der Waals surface area contributed by atoms with E-state index in [0.29, 0.717) is 33.9 Å². The Morgan fingerprint density at radius 3 is 2.21 bits per heavy atom. The molecule has 43 heavy (non-hydrogen) atoms. The number of unbranched alkanes of at least 4 members (excludes halogenated alkanes) is 1. The van der Waals surface area contributed by atoms with E-state index >= 15 is 0 Å². The second-order valence-corrected chi connectivity index (χ2v) is 12.6. The SMILES string of the molecule is CCCCNC(=O)[C@H](Cc1ccccc1)N(Cc1ccccc1Cl)C(=O)CN(c1ccc(Cl)c(C(F)(F)F)c1)S(C)(=O)=O. The number of halogens is 5. The van der Waals surface area contributed by atoms with E-state index in [1.807, 2.05) is 6.92 Å². The van der Waals surface area contributed by atoms with E-state index in [4.69, 9.17) is 23.2 Å². The van der Waals surface area contributed by atoms with Crippen LogP contribution in [0.4, 0.5) is 18.9 Å². The van der Waals surface area contributed by atoms with Gasteiger partial charge in [-0.2, -0.15) is 13.2 Å². The van der Waals surface area contributed by atoms with E-state index in [9.17, 15) is 31.2 Å². The highest BCUT2D eigenvalue weighted by atomic mass is 35.5. The van der Waals surface area contributed by atoms with Gasteiger partial charge in [0, 0.05) is 24.5 Å². The highest BCUT2D eigenvalue weighted by molar-refractivity contribution is 7.92. The second-order valence-electron chi connectivity index (χ2n) is 9.89. The molecule has 3 aromatic carbocycles. The number of amides is 2. The van der Waals surface area contributed by atoms with Gasteiger partial charge < -0.3 is 10.2 Å². The van der Waals surface area contributed by atoms with Gasteiger partial charge >= 0.3 is 6.18 Å². The molecular formula is C30H32Cl2F3N3O4S. The van der Waals surface area contributed by atoms with Gasteiger partial charge in [0.1, 0.15) is 12.6 Å². The third-order valence-electron chi connectivity index (χ3n) is 6.62. The molecule has 13 heteroatoms. The number of carbonyl (C=O) groups excluding carboxylic acids is 2. The molecule has 7 nitrogen and oxygen atoms in total. The predicted molar refractivity (Wildman–Crippen MR) is 162 cm³/mol. The van der Waals surface area contributed by atoms with Crippen LogP contribution in [0.3, 0.4) is 0 Å². The van der Waals surface area contributed by atoms with Crippen LogP contribution in [0.5, 0.6) is 0 Å². The minimum Gasteiger partial charge on any atom is -0.354 e. The topological polar surface area (TPSA) is 86.8 Å². The standard InChI is InChI=1S/C30H32Cl2F3N3O4S/c1-3-4-16-36-29(40)27(17-21-10-6-5-7-11-21)37(19-22-12-8-9-13-25(22)31)28(39)20-38(43(2,41)42)23-14-15-26(32)24(18-23)30(33,34)35/h5-15,18,27H,3-4,16-17,19-20H2,1-2H3,(H,36,40)/t27-/m0/s1. The lowest BCUT2D eigenvalue weighted by molar-refractivity contribution is -0.140. The molecule has 0 spiro atoms. The lowest BCUT2D eigenvalue weighted by atomic mass is 10.0. The highest BCUT2D eigenvalue weighted by Gasteiger charge is 2.36. The first-order valence-corrected chi connectivity index (χ1v) is 16.0. The third kappa shape index (κ3) is 9.61. The fourth-order valence-corrected chi connectivity index (χ4v) is 5.63. The molecule has 0 heterocycles. The number of nitrogens with zero attached hydrogens (tertiary/aromatic N) is 2. The molecule has 3 rings (SSSR count). The molecule has 0 radical (unpaired) electrons. The molecule has 1 N–H and O–H groups in total. The maximum atomic E-state index is 14.1. The molecule has 0 aromatic heterocycles. The molecule has 0 unspecified atom stereocenters. The maximum absolute atomic E-state index is 14.1. The lowest BCUT2D eigenvalue weighted by Gasteiger charge is -2.33. The largest absolute Gasteiger partial charge is 0.417 e. The number of benzene rings is 3. The number of sulfonamides is 1. The van der Waals surface area contributed by atoms with Gasteiger partial charge in [0.15, 0.2) is 0 Å². The first-order valence-electron chi connectivity index (χ1n) is 13.4. The minimum absolute atomic E-state index is 0.0903. The summed E-state index contributed by atoms with van der Waals surface area (Å²) in [4.78, 5) is 28.8. The van der Waals surface area contributed by atoms with Gasteiger partial charge in [-0.05, 0) is 41.8 Å². The Balaban J connectivity index is 2.09. The van der Waals surface area contributed by atoms with E-state index in [-0.39, 0.29) is 13.0 Å². The first kappa shape index (κ1) is 34.2. The molecule has 0 bridgehead atoms. The molecule has 232 valence electrons. The molecule has 0 saturated heterocycles. The van der Waals surface area contributed by atoms with Crippen molar-refractivity contribution in [1.82, 2.24) is 10.2 Å². The first-order chi connectivity index (χ1) is 20.2. The molecular weight excluding hydrogens is 626 g/mol. The van der Waals surface area contributed by atoms with Crippen LogP contribution in [0, 0.1) is 0 Å². The Labute approximate surface area is 259 Å². The number of anilines is 1. The molecule has 0 aliphatic carbocycles. The van der Waals surface area contributed by atoms with Crippen LogP contribution >= 0.6 is 23.2 Å². The summed E-state index contributed by atoms with van der Waals surface area (Å²) in [5, 5.41) is 2.54. The summed E-state index contributed by atoms with van der Waals surface area (Å²) in [7, 11) is -4.28. The average molecular weight is 659 g/mol. The van der Waals surface area contributed by atoms with Crippen molar-refractivity contribution >= 4 is 50.7 Å². The van der Waals surface area contributed by atoms with Gasteiger partial charge in [0.05, 0.1) is 22.5 Å². The van der Waals surface area contributed by atoms with Crippen molar-refractivity contribution in [3.8, 4) is 0 Å². The maximum Gasteiger partial charge on any atom is 0.417 e. The van der Waals surface area contributed by atoms with Gasteiger partial charge in [-0.1, -0.05) is 85.1 Å². The molecule has 3 aromatic rings. The van der Waals surface area contributed by atoms with Crippen molar-refractivity contribution < 1.29 is 31.2 Å². The minimum atomic E-state index is -4.87. The Hall–Kier alpha value is -3.28. The van der Waals surface area contributed by atoms with Gasteiger partial charge in [-0.25, -0.2) is 8.42 Å². The Morgan fingerprint density at radius 1 is 0.953 bits per heavy atom. The van der Waals surface area contributed by atoms with E-state index in [2.05, 4.69) is 5.32 Å². The summed E-state index contributed by atoms with van der Waals surface area (Å²) in [6.45, 7) is 1.27. The zero-order valence-electron chi connectivity index (χ0n) is 23.6. The quantitative estimate of drug-likeness (QED) is 0.218. The number of hydrogen-bond donors (Lipinski definition) is 1. The number of hydrogen-bond acceptors (Lipinski definition) is 4. The summed E-state index contributed by atoms with van der Waals surface area (Å²) in [6, 6.07) is 17.1. The summed E-state index contributed by atoms with van der Waals surface area (Å²) >= 11 is 12.2. The van der Waals surface area contributed by atoms with E-state index in [1.54, 1.807) is 54.6 Å². The van der Waals surface area contributed by atoms with E-state index < -0.39 is 56.9 Å². The van der Waals surface area contributed by atoms with Crippen LogP contribution in [-0.4, -0.2) is 50.5 Å². The van der Waals surface area contributed by atoms with Crippen molar-refractivity contribution in [3.05, 3.63) is 99.5 Å². The van der Waals surface area contributed by atoms with E-state index in [1.165, 1.54) is 4.90 Å². The number of nitrogens with one attached hydrogen (secondary N) is 1. The summed E-state index contributed by atoms with van der Waals surface area (Å²) < 4.78 is 67.1. The van der Waals surface area contributed by atoms with Crippen LogP contribution in [0.15, 0.2) is 72.8 Å². The van der Waals surface area contributed by atoms with Gasteiger partial charge in [0.25, 0.3) is 0 Å². The van der Waals surface area contributed by atoms with Gasteiger partial charge in [-0.15, -0.1) is 0 Å². The van der Waals surface area contributed by atoms with Crippen molar-refractivity contribution in [1.29, 1.82) is 0 Å². The lowest BCUT2D eigenvalue weighted by Crippen LogP contribution is -2.53. The van der Waals surface area contributed by atoms with Crippen LogP contribution in [0.1, 0.15) is 36.5 Å². The summed E-state index contributed by atoms with van der Waals surface area (Å²) in [5.74, 6) is -1.28. The Bertz CT molecular complexity index is 1520. The van der Waals surface area contributed by atoms with E-state index in [0.717, 1.165) is 30.4 Å². The Kier molecular flexibility index (Phi) is 11.9. The normalized spacial score (nSPS) is 12.4. The van der Waals surface area contributed by atoms with Crippen LogP contribution in [0.25, 0.3) is 0 Å². The Morgan fingerprint density at radius 2 is 1.60 bits per heavy atom. The smallest absolute Gasteiger partial charge is 0.354 e. The van der Waals surface area contributed by atoms with Crippen molar-refractivity contribution in [2.45, 2.75) is 44.9 Å². The zero-order chi connectivity index (χ0) is 31.8. The summed E-state index contributed by atoms with van der Waals surface area (Å²) in [6.07, 6.45) is -2.49.